The Labute approximate surface area is 144 Å². The number of rotatable bonds is 4. The topological polar surface area (TPSA) is 128 Å². The molecule has 0 unspecified atom stereocenters. The van der Waals surface area contributed by atoms with Gasteiger partial charge in [0.05, 0.1) is 11.3 Å². The maximum Gasteiger partial charge on any atom is 0.276 e. The Kier molecular flexibility index (Phi) is 3.17. The molecule has 1 saturated heterocycles. The van der Waals surface area contributed by atoms with Crippen LogP contribution in [0.3, 0.4) is 0 Å². The highest BCUT2D eigenvalue weighted by atomic mass is 32.2. The molecule has 2 aliphatic carbocycles. The van der Waals surface area contributed by atoms with E-state index in [2.05, 4.69) is 15.3 Å². The molecule has 134 valence electrons. The molecule has 2 N–H and O–H groups in total. The third-order valence-electron chi connectivity index (χ3n) is 5.81. The Bertz CT molecular complexity index is 908. The van der Waals surface area contributed by atoms with Gasteiger partial charge < -0.3 is 9.05 Å². The quantitative estimate of drug-likeness (QED) is 0.866. The van der Waals surface area contributed by atoms with Gasteiger partial charge in [-0.15, -0.1) is 0 Å². The molecule has 2 saturated carbocycles. The molecule has 1 spiro atoms. The maximum atomic E-state index is 11.4. The van der Waals surface area contributed by atoms with Crippen LogP contribution in [0, 0.1) is 5.41 Å². The van der Waals surface area contributed by atoms with Gasteiger partial charge in [0.25, 0.3) is 10.2 Å². The summed E-state index contributed by atoms with van der Waals surface area (Å²) < 4.78 is 34.8. The average Bonchev–Trinajstić information content (AvgIpc) is 3.41. The molecule has 2 aromatic rings. The SMILES string of the molecule is NS(=O)(=O)N1CCC2(CC1)C[C@H]2c1nc(-c2conc2C2CC2)no1. The smallest absolute Gasteiger partial charge is 0.276 e. The molecular weight excluding hydrogens is 346 g/mol. The highest BCUT2D eigenvalue weighted by Gasteiger charge is 2.58. The van der Waals surface area contributed by atoms with Gasteiger partial charge in [-0.05, 0) is 37.5 Å². The van der Waals surface area contributed by atoms with Crippen molar-refractivity contribution in [1.82, 2.24) is 19.6 Å². The van der Waals surface area contributed by atoms with Crippen LogP contribution in [-0.4, -0.2) is 41.1 Å². The van der Waals surface area contributed by atoms with Crippen LogP contribution in [-0.2, 0) is 10.2 Å². The Morgan fingerprint density at radius 1 is 1.24 bits per heavy atom. The first kappa shape index (κ1) is 15.5. The molecule has 2 aromatic heterocycles. The molecule has 0 amide bonds. The monoisotopic (exact) mass is 365 g/mol. The normalized spacial score (nSPS) is 26.2. The van der Waals surface area contributed by atoms with Crippen molar-refractivity contribution in [1.29, 1.82) is 0 Å². The minimum absolute atomic E-state index is 0.0684. The summed E-state index contributed by atoms with van der Waals surface area (Å²) in [6, 6.07) is 0. The number of nitrogens with zero attached hydrogens (tertiary/aromatic N) is 4. The fourth-order valence-electron chi connectivity index (χ4n) is 3.99. The fourth-order valence-corrected chi connectivity index (χ4v) is 4.68. The van der Waals surface area contributed by atoms with E-state index in [9.17, 15) is 8.42 Å². The van der Waals surface area contributed by atoms with Crippen molar-refractivity contribution in [3.8, 4) is 11.4 Å². The van der Waals surface area contributed by atoms with Crippen LogP contribution < -0.4 is 5.14 Å². The van der Waals surface area contributed by atoms with Crippen molar-refractivity contribution in [3.05, 3.63) is 17.8 Å². The number of nitrogens with two attached hydrogens (primary N) is 1. The van der Waals surface area contributed by atoms with Gasteiger partial charge in [-0.25, -0.2) is 5.14 Å². The summed E-state index contributed by atoms with van der Waals surface area (Å²) in [7, 11) is -3.60. The zero-order valence-electron chi connectivity index (χ0n) is 13.6. The molecule has 9 nitrogen and oxygen atoms in total. The molecular formula is C15H19N5O4S. The highest BCUT2D eigenvalue weighted by Crippen LogP contribution is 2.64. The largest absolute Gasteiger partial charge is 0.364 e. The third-order valence-corrected chi connectivity index (χ3v) is 6.90. The van der Waals surface area contributed by atoms with Crippen LogP contribution in [0.15, 0.2) is 15.3 Å². The number of hydrogen-bond donors (Lipinski definition) is 1. The molecule has 25 heavy (non-hydrogen) atoms. The Hall–Kier alpha value is -1.78. The highest BCUT2D eigenvalue weighted by molar-refractivity contribution is 7.86. The van der Waals surface area contributed by atoms with Crippen molar-refractivity contribution < 1.29 is 17.5 Å². The zero-order chi connectivity index (χ0) is 17.2. The molecule has 3 fully saturated rings. The van der Waals surface area contributed by atoms with Crippen molar-refractivity contribution in [3.63, 3.8) is 0 Å². The second-order valence-corrected chi connectivity index (χ2v) is 8.95. The van der Waals surface area contributed by atoms with E-state index < -0.39 is 10.2 Å². The molecule has 5 rings (SSSR count). The van der Waals surface area contributed by atoms with Gasteiger partial charge in [-0.1, -0.05) is 10.3 Å². The third kappa shape index (κ3) is 2.59. The predicted octanol–water partition coefficient (Wildman–Crippen LogP) is 1.38. The maximum absolute atomic E-state index is 11.4. The molecule has 1 aliphatic heterocycles. The van der Waals surface area contributed by atoms with Crippen LogP contribution in [0.25, 0.3) is 11.4 Å². The summed E-state index contributed by atoms with van der Waals surface area (Å²) >= 11 is 0. The van der Waals surface area contributed by atoms with E-state index in [1.807, 2.05) is 0 Å². The first-order valence-electron chi connectivity index (χ1n) is 8.52. The van der Waals surface area contributed by atoms with Crippen molar-refractivity contribution in [2.75, 3.05) is 13.1 Å². The van der Waals surface area contributed by atoms with Crippen LogP contribution in [0.2, 0.25) is 0 Å². The summed E-state index contributed by atoms with van der Waals surface area (Å²) in [5, 5.41) is 13.4. The van der Waals surface area contributed by atoms with Gasteiger partial charge in [-0.3, -0.25) is 0 Å². The van der Waals surface area contributed by atoms with Crippen molar-refractivity contribution in [2.45, 2.75) is 43.9 Å². The number of aromatic nitrogens is 3. The second kappa shape index (κ2) is 5.12. The lowest BCUT2D eigenvalue weighted by molar-refractivity contribution is 0.242. The van der Waals surface area contributed by atoms with Crippen molar-refractivity contribution in [2.24, 2.45) is 10.6 Å². The van der Waals surface area contributed by atoms with Crippen molar-refractivity contribution >= 4 is 10.2 Å². The lowest BCUT2D eigenvalue weighted by Gasteiger charge is -2.30. The molecule has 3 heterocycles. The summed E-state index contributed by atoms with van der Waals surface area (Å²) in [5.41, 5.74) is 1.80. The van der Waals surface area contributed by atoms with Gasteiger partial charge in [0.15, 0.2) is 0 Å². The molecule has 1 atom stereocenters. The second-order valence-electron chi connectivity index (χ2n) is 7.41. The van der Waals surface area contributed by atoms with Crippen LogP contribution >= 0.6 is 0 Å². The molecule has 0 aromatic carbocycles. The Morgan fingerprint density at radius 3 is 2.68 bits per heavy atom. The van der Waals surface area contributed by atoms with Crippen LogP contribution in [0.1, 0.15) is 55.5 Å². The minimum Gasteiger partial charge on any atom is -0.364 e. The summed E-state index contributed by atoms with van der Waals surface area (Å²) in [4.78, 5) is 4.57. The summed E-state index contributed by atoms with van der Waals surface area (Å²) in [6.07, 6.45) is 6.31. The Balaban J connectivity index is 1.32. The van der Waals surface area contributed by atoms with E-state index in [-0.39, 0.29) is 11.3 Å². The first-order chi connectivity index (χ1) is 12.0. The number of piperidine rings is 1. The first-order valence-corrected chi connectivity index (χ1v) is 10.0. The fraction of sp³-hybridized carbons (Fsp3) is 0.667. The Morgan fingerprint density at radius 2 is 2.00 bits per heavy atom. The zero-order valence-corrected chi connectivity index (χ0v) is 14.4. The molecule has 3 aliphatic rings. The number of hydrogen-bond acceptors (Lipinski definition) is 7. The lowest BCUT2D eigenvalue weighted by atomic mass is 9.92. The van der Waals surface area contributed by atoms with Gasteiger partial charge in [0.1, 0.15) is 6.26 Å². The summed E-state index contributed by atoms with van der Waals surface area (Å²) in [6.45, 7) is 0.904. The predicted molar refractivity (Wildman–Crippen MR) is 85.5 cm³/mol. The van der Waals surface area contributed by atoms with E-state index in [0.717, 1.165) is 43.4 Å². The van der Waals surface area contributed by atoms with Gasteiger partial charge >= 0.3 is 0 Å². The standard InChI is InChI=1S/C15H19N5O4S/c16-25(21,22)20-5-3-15(4-6-20)7-11(15)14-17-13(19-24-14)10-8-23-18-12(10)9-1-2-9/h8-9,11H,1-7H2,(H2,16,21,22)/t11-/m0/s1. The molecule has 10 heteroatoms. The molecule has 0 radical (unpaired) electrons. The molecule has 0 bridgehead atoms. The van der Waals surface area contributed by atoms with E-state index in [0.29, 0.717) is 30.7 Å². The summed E-state index contributed by atoms with van der Waals surface area (Å²) in [5.74, 6) is 1.80. The van der Waals surface area contributed by atoms with Gasteiger partial charge in [0.2, 0.25) is 11.7 Å². The van der Waals surface area contributed by atoms with Gasteiger partial charge in [0, 0.05) is 24.9 Å². The van der Waals surface area contributed by atoms with Gasteiger partial charge in [-0.2, -0.15) is 17.7 Å². The van der Waals surface area contributed by atoms with E-state index in [1.54, 1.807) is 6.26 Å². The average molecular weight is 365 g/mol. The lowest BCUT2D eigenvalue weighted by Crippen LogP contribution is -2.43. The minimum atomic E-state index is -3.60. The van der Waals surface area contributed by atoms with Crippen LogP contribution in [0.5, 0.6) is 0 Å². The van der Waals surface area contributed by atoms with E-state index in [4.69, 9.17) is 14.2 Å². The van der Waals surface area contributed by atoms with E-state index >= 15 is 0 Å². The van der Waals surface area contributed by atoms with E-state index in [1.165, 1.54) is 4.31 Å². The van der Waals surface area contributed by atoms with Crippen LogP contribution in [0.4, 0.5) is 0 Å².